The van der Waals surface area contributed by atoms with Crippen LogP contribution >= 0.6 is 11.3 Å². The number of rotatable bonds is 10. The lowest BCUT2D eigenvalue weighted by molar-refractivity contribution is -0.144. The first-order valence-corrected chi connectivity index (χ1v) is 11.1. The van der Waals surface area contributed by atoms with Crippen LogP contribution in [-0.4, -0.2) is 40.6 Å². The third kappa shape index (κ3) is 6.98. The maximum absolute atomic E-state index is 13.0. The summed E-state index contributed by atoms with van der Waals surface area (Å²) < 4.78 is 4.85. The number of carbonyl (C=O) groups excluding carboxylic acids is 3. The van der Waals surface area contributed by atoms with Gasteiger partial charge in [-0.25, -0.2) is 0 Å². The average molecular weight is 453 g/mol. The van der Waals surface area contributed by atoms with E-state index >= 15 is 0 Å². The van der Waals surface area contributed by atoms with Crippen molar-refractivity contribution in [2.75, 3.05) is 11.9 Å². The molecule has 0 spiro atoms. The molecule has 3 aromatic rings. The van der Waals surface area contributed by atoms with Crippen molar-refractivity contribution in [1.82, 2.24) is 15.5 Å². The molecule has 1 unspecified atom stereocenters. The molecule has 1 aromatic heterocycles. The quantitative estimate of drug-likeness (QED) is 0.457. The highest BCUT2D eigenvalue weighted by Crippen LogP contribution is 2.26. The Kier molecular flexibility index (Phi) is 8.44. The van der Waals surface area contributed by atoms with E-state index in [1.54, 1.807) is 6.92 Å². The van der Waals surface area contributed by atoms with Crippen LogP contribution in [0.2, 0.25) is 0 Å². The number of nitrogens with one attached hydrogen (secondary N) is 2. The van der Waals surface area contributed by atoms with E-state index in [1.807, 2.05) is 60.7 Å². The van der Waals surface area contributed by atoms with Gasteiger partial charge in [-0.15, -0.1) is 10.2 Å². The molecule has 0 aliphatic carbocycles. The zero-order valence-electron chi connectivity index (χ0n) is 17.6. The molecule has 166 valence electrons. The van der Waals surface area contributed by atoms with Crippen LogP contribution < -0.4 is 10.6 Å². The molecule has 0 saturated heterocycles. The minimum absolute atomic E-state index is 0.0455. The summed E-state index contributed by atoms with van der Waals surface area (Å²) in [6, 6.07) is 18.1. The summed E-state index contributed by atoms with van der Waals surface area (Å²) in [4.78, 5) is 36.9. The molecular weight excluding hydrogens is 428 g/mol. The predicted molar refractivity (Wildman–Crippen MR) is 122 cm³/mol. The van der Waals surface area contributed by atoms with E-state index in [2.05, 4.69) is 20.8 Å². The highest BCUT2D eigenvalue weighted by atomic mass is 32.1. The smallest absolute Gasteiger partial charge is 0.306 e. The van der Waals surface area contributed by atoms with Gasteiger partial charge in [0.2, 0.25) is 16.9 Å². The monoisotopic (exact) mass is 452 g/mol. The van der Waals surface area contributed by atoms with E-state index in [9.17, 15) is 14.4 Å². The minimum atomic E-state index is -0.837. The zero-order valence-corrected chi connectivity index (χ0v) is 18.4. The van der Waals surface area contributed by atoms with Crippen LogP contribution in [0.15, 0.2) is 60.7 Å². The number of nitrogens with zero attached hydrogens (tertiary/aromatic N) is 2. The lowest BCUT2D eigenvalue weighted by Gasteiger charge is -2.18. The van der Waals surface area contributed by atoms with Crippen LogP contribution in [0, 0.1) is 0 Å². The number of aromatic nitrogens is 2. The number of amides is 2. The van der Waals surface area contributed by atoms with Crippen LogP contribution in [-0.2, 0) is 25.5 Å². The third-order valence-electron chi connectivity index (χ3n) is 4.47. The SMILES string of the molecule is CCOC(=O)CCC(=O)NC(Cc1ccccc1)C(=O)Nc1nnc(-c2ccccc2)s1. The highest BCUT2D eigenvalue weighted by molar-refractivity contribution is 7.18. The Bertz CT molecular complexity index is 1040. The van der Waals surface area contributed by atoms with Gasteiger partial charge in [0.25, 0.3) is 0 Å². The Balaban J connectivity index is 1.67. The van der Waals surface area contributed by atoms with Gasteiger partial charge >= 0.3 is 5.97 Å². The number of carbonyl (C=O) groups is 3. The molecule has 0 aliphatic heterocycles. The van der Waals surface area contributed by atoms with Gasteiger partial charge in [0.1, 0.15) is 11.0 Å². The van der Waals surface area contributed by atoms with Crippen molar-refractivity contribution < 1.29 is 19.1 Å². The fraction of sp³-hybridized carbons (Fsp3) is 0.261. The molecule has 8 nitrogen and oxygen atoms in total. The van der Waals surface area contributed by atoms with E-state index < -0.39 is 23.8 Å². The molecule has 2 aromatic carbocycles. The summed E-state index contributed by atoms with van der Waals surface area (Å²) >= 11 is 1.25. The first-order valence-electron chi connectivity index (χ1n) is 10.2. The van der Waals surface area contributed by atoms with Crippen LogP contribution in [0.4, 0.5) is 5.13 Å². The molecular formula is C23H24N4O4S. The van der Waals surface area contributed by atoms with Crippen molar-refractivity contribution in [1.29, 1.82) is 0 Å². The first-order chi connectivity index (χ1) is 15.5. The number of esters is 1. The lowest BCUT2D eigenvalue weighted by atomic mass is 10.0. The maximum Gasteiger partial charge on any atom is 0.306 e. The summed E-state index contributed by atoms with van der Waals surface area (Å²) in [6.07, 6.45) is 0.187. The molecule has 1 atom stereocenters. The number of hydrogen-bond donors (Lipinski definition) is 2. The van der Waals surface area contributed by atoms with Crippen molar-refractivity contribution in [2.24, 2.45) is 0 Å². The largest absolute Gasteiger partial charge is 0.466 e. The number of ether oxygens (including phenoxy) is 1. The standard InChI is InChI=1S/C23H24N4O4S/c1-2-31-20(29)14-13-19(28)24-18(15-16-9-5-3-6-10-16)21(30)25-23-27-26-22(32-23)17-11-7-4-8-12-17/h3-12,18H,2,13-15H2,1H3,(H,24,28)(H,25,27,30). The number of benzene rings is 2. The van der Waals surface area contributed by atoms with E-state index in [0.717, 1.165) is 11.1 Å². The van der Waals surface area contributed by atoms with Crippen molar-refractivity contribution in [3.63, 3.8) is 0 Å². The summed E-state index contributed by atoms with van der Waals surface area (Å²) in [5, 5.41) is 14.7. The highest BCUT2D eigenvalue weighted by Gasteiger charge is 2.23. The molecule has 32 heavy (non-hydrogen) atoms. The summed E-state index contributed by atoms with van der Waals surface area (Å²) in [5.41, 5.74) is 1.79. The van der Waals surface area contributed by atoms with E-state index in [0.29, 0.717) is 16.6 Å². The number of anilines is 1. The van der Waals surface area contributed by atoms with Gasteiger partial charge in [0.05, 0.1) is 13.0 Å². The molecule has 2 amide bonds. The maximum atomic E-state index is 13.0. The van der Waals surface area contributed by atoms with Crippen molar-refractivity contribution >= 4 is 34.3 Å². The fourth-order valence-corrected chi connectivity index (χ4v) is 3.69. The second kappa shape index (κ2) is 11.7. The Morgan fingerprint density at radius 2 is 1.66 bits per heavy atom. The lowest BCUT2D eigenvalue weighted by Crippen LogP contribution is -2.45. The molecule has 1 heterocycles. The normalized spacial score (nSPS) is 11.4. The zero-order chi connectivity index (χ0) is 22.8. The Hall–Kier alpha value is -3.59. The summed E-state index contributed by atoms with van der Waals surface area (Å²) in [6.45, 7) is 1.96. The van der Waals surface area contributed by atoms with Crippen molar-refractivity contribution in [3.8, 4) is 10.6 Å². The summed E-state index contributed by atoms with van der Waals surface area (Å²) in [7, 11) is 0. The number of hydrogen-bond acceptors (Lipinski definition) is 7. The molecule has 0 aliphatic rings. The Morgan fingerprint density at radius 3 is 2.34 bits per heavy atom. The molecule has 0 radical (unpaired) electrons. The van der Waals surface area contributed by atoms with Gasteiger partial charge < -0.3 is 10.1 Å². The van der Waals surface area contributed by atoms with E-state index in [4.69, 9.17) is 4.74 Å². The van der Waals surface area contributed by atoms with Crippen LogP contribution in [0.1, 0.15) is 25.3 Å². The topological polar surface area (TPSA) is 110 Å². The summed E-state index contributed by atoms with van der Waals surface area (Å²) in [5.74, 6) is -1.26. The molecule has 3 rings (SSSR count). The van der Waals surface area contributed by atoms with E-state index in [1.165, 1.54) is 11.3 Å². The first kappa shape index (κ1) is 23.1. The predicted octanol–water partition coefficient (Wildman–Crippen LogP) is 3.21. The minimum Gasteiger partial charge on any atom is -0.466 e. The van der Waals surface area contributed by atoms with Crippen molar-refractivity contribution in [2.45, 2.75) is 32.2 Å². The molecule has 0 saturated carbocycles. The third-order valence-corrected chi connectivity index (χ3v) is 5.36. The van der Waals surface area contributed by atoms with Gasteiger partial charge in [-0.1, -0.05) is 72.0 Å². The molecule has 9 heteroatoms. The Morgan fingerprint density at radius 1 is 0.969 bits per heavy atom. The Labute approximate surface area is 190 Å². The molecule has 2 N–H and O–H groups in total. The van der Waals surface area contributed by atoms with Gasteiger partial charge in [0, 0.05) is 18.4 Å². The average Bonchev–Trinajstić information content (AvgIpc) is 3.27. The van der Waals surface area contributed by atoms with Gasteiger partial charge in [-0.2, -0.15) is 0 Å². The van der Waals surface area contributed by atoms with Gasteiger partial charge in [-0.05, 0) is 12.5 Å². The van der Waals surface area contributed by atoms with Crippen molar-refractivity contribution in [3.05, 3.63) is 66.2 Å². The van der Waals surface area contributed by atoms with E-state index in [-0.39, 0.29) is 19.4 Å². The molecule has 0 fully saturated rings. The van der Waals surface area contributed by atoms with Crippen LogP contribution in [0.3, 0.4) is 0 Å². The molecule has 0 bridgehead atoms. The fourth-order valence-electron chi connectivity index (χ4n) is 2.94. The second-order valence-electron chi connectivity index (χ2n) is 6.88. The van der Waals surface area contributed by atoms with Gasteiger partial charge in [-0.3, -0.25) is 19.7 Å². The van der Waals surface area contributed by atoms with Gasteiger partial charge in [0.15, 0.2) is 0 Å². The second-order valence-corrected chi connectivity index (χ2v) is 7.86. The van der Waals surface area contributed by atoms with Crippen LogP contribution in [0.5, 0.6) is 0 Å². The van der Waals surface area contributed by atoms with Crippen LogP contribution in [0.25, 0.3) is 10.6 Å².